The number of nitrogens with one attached hydrogen (secondary N) is 1. The van der Waals surface area contributed by atoms with E-state index >= 15 is 0 Å². The van der Waals surface area contributed by atoms with Crippen LogP contribution < -0.4 is 10.3 Å². The van der Waals surface area contributed by atoms with E-state index in [-0.39, 0.29) is 11.3 Å². The van der Waals surface area contributed by atoms with E-state index in [4.69, 9.17) is 4.74 Å². The zero-order valence-electron chi connectivity index (χ0n) is 11.4. The summed E-state index contributed by atoms with van der Waals surface area (Å²) in [4.78, 5) is 12.1. The number of hydrogen-bond acceptors (Lipinski definition) is 3. The van der Waals surface area contributed by atoms with Crippen LogP contribution in [0.25, 0.3) is 16.9 Å². The number of aromatic amines is 1. The smallest absolute Gasteiger partial charge is 0.271 e. The summed E-state index contributed by atoms with van der Waals surface area (Å²) in [7, 11) is 1.61. The first-order chi connectivity index (χ1) is 10.2. The fraction of sp³-hybridized carbons (Fsp3) is 0.0625. The number of phenolic OH excluding ortho intramolecular Hbond substituents is 1. The molecule has 0 saturated heterocycles. The molecule has 5 nitrogen and oxygen atoms in total. The standard InChI is InChI=1S/C16H14N2O3/c1-21-14-8-2-11(3-9-14)15-10-16(20)18(17-15)12-4-6-13(19)7-5-12/h2-10,17,19H,1H3. The predicted molar refractivity (Wildman–Crippen MR) is 80.0 cm³/mol. The fourth-order valence-corrected chi connectivity index (χ4v) is 2.11. The van der Waals surface area contributed by atoms with E-state index in [1.54, 1.807) is 19.2 Å². The molecule has 106 valence electrons. The predicted octanol–water partition coefficient (Wildman–Crippen LogP) is 2.55. The number of ether oxygens (including phenoxy) is 1. The Bertz CT molecular complexity index is 799. The minimum atomic E-state index is -0.161. The van der Waals surface area contributed by atoms with Crippen molar-refractivity contribution in [2.75, 3.05) is 7.11 Å². The molecular weight excluding hydrogens is 268 g/mol. The van der Waals surface area contributed by atoms with Gasteiger partial charge in [0.15, 0.2) is 0 Å². The van der Waals surface area contributed by atoms with Gasteiger partial charge in [0.2, 0.25) is 0 Å². The van der Waals surface area contributed by atoms with E-state index in [0.29, 0.717) is 5.69 Å². The summed E-state index contributed by atoms with van der Waals surface area (Å²) >= 11 is 0. The summed E-state index contributed by atoms with van der Waals surface area (Å²) in [6.45, 7) is 0. The Morgan fingerprint density at radius 2 is 1.71 bits per heavy atom. The van der Waals surface area contributed by atoms with E-state index in [1.807, 2.05) is 24.3 Å². The molecule has 2 N–H and O–H groups in total. The lowest BCUT2D eigenvalue weighted by Gasteiger charge is -2.03. The van der Waals surface area contributed by atoms with Crippen molar-refractivity contribution in [1.82, 2.24) is 9.78 Å². The third-order valence-electron chi connectivity index (χ3n) is 3.23. The molecule has 0 aliphatic rings. The van der Waals surface area contributed by atoms with Crippen LogP contribution in [0.2, 0.25) is 0 Å². The number of aromatic nitrogens is 2. The molecule has 3 rings (SSSR count). The number of methoxy groups -OCH3 is 1. The molecule has 2 aromatic carbocycles. The zero-order chi connectivity index (χ0) is 14.8. The topological polar surface area (TPSA) is 67.2 Å². The minimum absolute atomic E-state index is 0.161. The van der Waals surface area contributed by atoms with Crippen molar-refractivity contribution in [2.24, 2.45) is 0 Å². The van der Waals surface area contributed by atoms with E-state index in [2.05, 4.69) is 5.10 Å². The maximum absolute atomic E-state index is 12.1. The van der Waals surface area contributed by atoms with Gasteiger partial charge in [0.25, 0.3) is 5.56 Å². The molecule has 5 heteroatoms. The van der Waals surface area contributed by atoms with Gasteiger partial charge in [-0.25, -0.2) is 4.68 Å². The van der Waals surface area contributed by atoms with Gasteiger partial charge < -0.3 is 9.84 Å². The molecule has 0 saturated carbocycles. The fourth-order valence-electron chi connectivity index (χ4n) is 2.11. The summed E-state index contributed by atoms with van der Waals surface area (Å²) in [5, 5.41) is 12.3. The molecule has 3 aromatic rings. The van der Waals surface area contributed by atoms with Gasteiger partial charge in [0, 0.05) is 6.07 Å². The Hall–Kier alpha value is -2.95. The van der Waals surface area contributed by atoms with Crippen LogP contribution in [0.3, 0.4) is 0 Å². The Kier molecular flexibility index (Phi) is 3.23. The van der Waals surface area contributed by atoms with Crippen molar-refractivity contribution < 1.29 is 9.84 Å². The molecule has 0 aliphatic heterocycles. The van der Waals surface area contributed by atoms with E-state index in [0.717, 1.165) is 17.0 Å². The average molecular weight is 282 g/mol. The monoisotopic (exact) mass is 282 g/mol. The van der Waals surface area contributed by atoms with Crippen LogP contribution in [0.15, 0.2) is 59.4 Å². The van der Waals surface area contributed by atoms with Gasteiger partial charge in [-0.1, -0.05) is 0 Å². The highest BCUT2D eigenvalue weighted by molar-refractivity contribution is 5.60. The Labute approximate surface area is 121 Å². The minimum Gasteiger partial charge on any atom is -0.508 e. The molecule has 0 aliphatic carbocycles. The average Bonchev–Trinajstić information content (AvgIpc) is 2.90. The van der Waals surface area contributed by atoms with E-state index < -0.39 is 0 Å². The van der Waals surface area contributed by atoms with Crippen LogP contribution >= 0.6 is 0 Å². The van der Waals surface area contributed by atoms with Gasteiger partial charge in [-0.2, -0.15) is 0 Å². The molecule has 21 heavy (non-hydrogen) atoms. The van der Waals surface area contributed by atoms with Crippen molar-refractivity contribution in [3.05, 3.63) is 65.0 Å². The first-order valence-electron chi connectivity index (χ1n) is 6.43. The van der Waals surface area contributed by atoms with Crippen molar-refractivity contribution in [1.29, 1.82) is 0 Å². The van der Waals surface area contributed by atoms with Crippen LogP contribution in [0.1, 0.15) is 0 Å². The second kappa shape index (κ2) is 5.20. The number of aromatic hydroxyl groups is 1. The van der Waals surface area contributed by atoms with Crippen molar-refractivity contribution in [2.45, 2.75) is 0 Å². The molecule has 0 fully saturated rings. The maximum atomic E-state index is 12.1. The second-order valence-electron chi connectivity index (χ2n) is 4.59. The van der Waals surface area contributed by atoms with Gasteiger partial charge >= 0.3 is 0 Å². The summed E-state index contributed by atoms with van der Waals surface area (Å²) in [5.41, 5.74) is 2.12. The first-order valence-corrected chi connectivity index (χ1v) is 6.43. The van der Waals surface area contributed by atoms with Crippen LogP contribution in [-0.4, -0.2) is 22.0 Å². The summed E-state index contributed by atoms with van der Waals surface area (Å²) < 4.78 is 6.54. The first kappa shape index (κ1) is 13.1. The summed E-state index contributed by atoms with van der Waals surface area (Å²) in [5.74, 6) is 0.924. The summed E-state index contributed by atoms with van der Waals surface area (Å²) in [6, 6.07) is 15.4. The number of nitrogens with zero attached hydrogens (tertiary/aromatic N) is 1. The highest BCUT2D eigenvalue weighted by Gasteiger charge is 2.07. The van der Waals surface area contributed by atoms with Crippen LogP contribution in [0.5, 0.6) is 11.5 Å². The second-order valence-corrected chi connectivity index (χ2v) is 4.59. The number of phenols is 1. The lowest BCUT2D eigenvalue weighted by atomic mass is 10.1. The third-order valence-corrected chi connectivity index (χ3v) is 3.23. The maximum Gasteiger partial charge on any atom is 0.271 e. The molecule has 1 heterocycles. The van der Waals surface area contributed by atoms with Gasteiger partial charge in [-0.05, 0) is 54.1 Å². The number of hydrogen-bond donors (Lipinski definition) is 2. The van der Waals surface area contributed by atoms with Crippen LogP contribution in [-0.2, 0) is 0 Å². The molecule has 0 spiro atoms. The van der Waals surface area contributed by atoms with E-state index in [1.165, 1.54) is 22.9 Å². The Morgan fingerprint density at radius 1 is 1.05 bits per heavy atom. The molecule has 1 aromatic heterocycles. The van der Waals surface area contributed by atoms with Crippen molar-refractivity contribution in [3.8, 4) is 28.4 Å². The number of H-pyrrole nitrogens is 1. The highest BCUT2D eigenvalue weighted by Crippen LogP contribution is 2.20. The largest absolute Gasteiger partial charge is 0.508 e. The Balaban J connectivity index is 2.00. The van der Waals surface area contributed by atoms with Gasteiger partial charge in [0.05, 0.1) is 18.5 Å². The number of rotatable bonds is 3. The lowest BCUT2D eigenvalue weighted by molar-refractivity contribution is 0.415. The van der Waals surface area contributed by atoms with Gasteiger partial charge in [-0.3, -0.25) is 9.89 Å². The van der Waals surface area contributed by atoms with Crippen LogP contribution in [0, 0.1) is 0 Å². The zero-order valence-corrected chi connectivity index (χ0v) is 11.4. The quantitative estimate of drug-likeness (QED) is 0.775. The molecular formula is C16H14N2O3. The normalized spacial score (nSPS) is 10.5. The molecule has 0 bridgehead atoms. The lowest BCUT2D eigenvalue weighted by Crippen LogP contribution is -2.12. The molecule has 0 unspecified atom stereocenters. The molecule has 0 radical (unpaired) electrons. The van der Waals surface area contributed by atoms with Crippen LogP contribution in [0.4, 0.5) is 0 Å². The van der Waals surface area contributed by atoms with Gasteiger partial charge in [-0.15, -0.1) is 0 Å². The Morgan fingerprint density at radius 3 is 2.33 bits per heavy atom. The highest BCUT2D eigenvalue weighted by atomic mass is 16.5. The molecule has 0 atom stereocenters. The van der Waals surface area contributed by atoms with Gasteiger partial charge in [0.1, 0.15) is 11.5 Å². The van der Waals surface area contributed by atoms with Crippen molar-refractivity contribution in [3.63, 3.8) is 0 Å². The SMILES string of the molecule is COc1ccc(-c2cc(=O)n(-c3ccc(O)cc3)[nH]2)cc1. The third kappa shape index (κ3) is 2.53. The molecule has 0 amide bonds. The summed E-state index contributed by atoms with van der Waals surface area (Å²) in [6.07, 6.45) is 0. The number of benzene rings is 2. The van der Waals surface area contributed by atoms with Crippen molar-refractivity contribution >= 4 is 0 Å². The van der Waals surface area contributed by atoms with E-state index in [9.17, 15) is 9.90 Å².